The maximum absolute atomic E-state index is 12.4. The summed E-state index contributed by atoms with van der Waals surface area (Å²) in [4.78, 5) is 16.8. The highest BCUT2D eigenvalue weighted by Gasteiger charge is 2.17. The molecule has 0 saturated heterocycles. The van der Waals surface area contributed by atoms with E-state index >= 15 is 0 Å². The van der Waals surface area contributed by atoms with Gasteiger partial charge in [-0.1, -0.05) is 30.0 Å². The summed E-state index contributed by atoms with van der Waals surface area (Å²) < 4.78 is 11.2. The third-order valence-corrected chi connectivity index (χ3v) is 5.01. The number of aryl methyl sites for hydroxylation is 1. The maximum Gasteiger partial charge on any atom is 0.237 e. The van der Waals surface area contributed by atoms with E-state index in [0.29, 0.717) is 23.3 Å². The number of aromatic nitrogens is 3. The summed E-state index contributed by atoms with van der Waals surface area (Å²) in [6.45, 7) is 6.62. The second kappa shape index (κ2) is 9.97. The zero-order valence-corrected chi connectivity index (χ0v) is 17.5. The predicted molar refractivity (Wildman–Crippen MR) is 113 cm³/mol. The van der Waals surface area contributed by atoms with Crippen molar-refractivity contribution in [3.05, 3.63) is 59.9 Å². The highest BCUT2D eigenvalue weighted by Crippen LogP contribution is 2.22. The first kappa shape index (κ1) is 20.7. The fourth-order valence-corrected chi connectivity index (χ4v) is 3.26. The van der Waals surface area contributed by atoms with Gasteiger partial charge in [-0.3, -0.25) is 9.89 Å². The maximum atomic E-state index is 12.4. The minimum atomic E-state index is -0.359. The van der Waals surface area contributed by atoms with E-state index in [1.54, 1.807) is 0 Å². The normalized spacial score (nSPS) is 11.7. The largest absolute Gasteiger partial charge is 0.494 e. The lowest BCUT2D eigenvalue weighted by atomic mass is 10.2. The van der Waals surface area contributed by atoms with Gasteiger partial charge in [0.1, 0.15) is 18.1 Å². The number of benzene rings is 2. The number of ether oxygens (including phenoxy) is 2. The molecule has 8 heteroatoms. The van der Waals surface area contributed by atoms with Crippen molar-refractivity contribution in [3.63, 3.8) is 0 Å². The summed E-state index contributed by atoms with van der Waals surface area (Å²) in [7, 11) is 0. The average Bonchev–Trinajstić information content (AvgIpc) is 3.16. The van der Waals surface area contributed by atoms with Crippen LogP contribution in [0.4, 0.5) is 5.69 Å². The lowest BCUT2D eigenvalue weighted by Crippen LogP contribution is -2.22. The lowest BCUT2D eigenvalue weighted by Gasteiger charge is -2.11. The predicted octanol–water partition coefficient (Wildman–Crippen LogP) is 4.21. The van der Waals surface area contributed by atoms with E-state index in [2.05, 4.69) is 20.5 Å². The molecule has 0 radical (unpaired) electrons. The van der Waals surface area contributed by atoms with Crippen LogP contribution in [0.5, 0.6) is 11.5 Å². The number of nitrogens with one attached hydrogen (secondary N) is 2. The monoisotopic (exact) mass is 412 g/mol. The second-order valence-corrected chi connectivity index (χ2v) is 7.63. The molecule has 1 amide bonds. The quantitative estimate of drug-likeness (QED) is 0.512. The molecular formula is C21H24N4O3S. The minimum absolute atomic E-state index is 0.123. The smallest absolute Gasteiger partial charge is 0.237 e. The Labute approximate surface area is 174 Å². The number of carbonyl (C=O) groups is 1. The first-order chi connectivity index (χ1) is 14.0. The topological polar surface area (TPSA) is 89.1 Å². The summed E-state index contributed by atoms with van der Waals surface area (Å²) in [5.74, 6) is 2.06. The van der Waals surface area contributed by atoms with E-state index in [9.17, 15) is 4.79 Å². The van der Waals surface area contributed by atoms with Crippen molar-refractivity contribution in [3.8, 4) is 11.5 Å². The Bertz CT molecular complexity index is 943. The first-order valence-electron chi connectivity index (χ1n) is 9.35. The molecule has 29 heavy (non-hydrogen) atoms. The molecule has 1 heterocycles. The molecule has 0 fully saturated rings. The molecule has 1 aromatic heterocycles. The molecule has 2 N–H and O–H groups in total. The number of rotatable bonds is 9. The second-order valence-electron chi connectivity index (χ2n) is 6.33. The van der Waals surface area contributed by atoms with E-state index in [4.69, 9.17) is 9.47 Å². The van der Waals surface area contributed by atoms with Crippen molar-refractivity contribution in [1.29, 1.82) is 0 Å². The van der Waals surface area contributed by atoms with Crippen molar-refractivity contribution in [2.75, 3.05) is 11.9 Å². The standard InChI is InChI=1S/C21H24N4O3S/c1-4-27-17-11-9-16(10-12-17)22-20(26)15(3)29-21-23-19(24-25-21)13-28-18-8-6-5-7-14(18)2/h5-12,15H,4,13H2,1-3H3,(H,22,26)(H,23,24,25)/t15-/m0/s1. The first-order valence-corrected chi connectivity index (χ1v) is 10.2. The molecule has 0 spiro atoms. The SMILES string of the molecule is CCOc1ccc(NC(=O)[C@H](C)Sc2n[nH]c(COc3ccccc3C)n2)cc1. The van der Waals surface area contributed by atoms with Crippen LogP contribution in [0, 0.1) is 6.92 Å². The van der Waals surface area contributed by atoms with E-state index in [-0.39, 0.29) is 17.8 Å². The molecule has 152 valence electrons. The Kier molecular flexibility index (Phi) is 7.13. The van der Waals surface area contributed by atoms with E-state index in [0.717, 1.165) is 17.1 Å². The number of anilines is 1. The van der Waals surface area contributed by atoms with Crippen molar-refractivity contribution in [2.24, 2.45) is 0 Å². The van der Waals surface area contributed by atoms with Gasteiger partial charge in [-0.2, -0.15) is 0 Å². The molecule has 3 rings (SSSR count). The third kappa shape index (κ3) is 5.99. The molecule has 0 aliphatic heterocycles. The number of carbonyl (C=O) groups excluding carboxylic acids is 1. The van der Waals surface area contributed by atoms with Crippen LogP contribution in [0.3, 0.4) is 0 Å². The van der Waals surface area contributed by atoms with Gasteiger partial charge in [0.05, 0.1) is 11.9 Å². The molecule has 3 aromatic rings. The van der Waals surface area contributed by atoms with Gasteiger partial charge >= 0.3 is 0 Å². The van der Waals surface area contributed by atoms with Crippen molar-refractivity contribution in [2.45, 2.75) is 37.8 Å². The number of nitrogens with zero attached hydrogens (tertiary/aromatic N) is 2. The van der Waals surface area contributed by atoms with Gasteiger partial charge in [-0.05, 0) is 56.7 Å². The van der Waals surface area contributed by atoms with Gasteiger partial charge in [0.15, 0.2) is 5.82 Å². The van der Waals surface area contributed by atoms with Crippen LogP contribution in [0.15, 0.2) is 53.7 Å². The van der Waals surface area contributed by atoms with Crippen LogP contribution in [0.25, 0.3) is 0 Å². The van der Waals surface area contributed by atoms with E-state index in [1.807, 2.05) is 69.3 Å². The summed E-state index contributed by atoms with van der Waals surface area (Å²) in [5.41, 5.74) is 1.77. The minimum Gasteiger partial charge on any atom is -0.494 e. The van der Waals surface area contributed by atoms with Crippen molar-refractivity contribution >= 4 is 23.4 Å². The molecule has 0 aliphatic rings. The van der Waals surface area contributed by atoms with Gasteiger partial charge in [-0.25, -0.2) is 4.98 Å². The summed E-state index contributed by atoms with van der Waals surface area (Å²) >= 11 is 1.28. The van der Waals surface area contributed by atoms with Crippen LogP contribution in [-0.2, 0) is 11.4 Å². The lowest BCUT2D eigenvalue weighted by molar-refractivity contribution is -0.115. The molecule has 7 nitrogen and oxygen atoms in total. The van der Waals surface area contributed by atoms with Crippen LogP contribution < -0.4 is 14.8 Å². The third-order valence-electron chi connectivity index (χ3n) is 4.05. The molecular weight excluding hydrogens is 388 g/mol. The molecule has 1 atom stereocenters. The Morgan fingerprint density at radius 2 is 1.93 bits per heavy atom. The van der Waals surface area contributed by atoms with Crippen LogP contribution in [0.2, 0.25) is 0 Å². The van der Waals surface area contributed by atoms with Crippen molar-refractivity contribution in [1.82, 2.24) is 15.2 Å². The Morgan fingerprint density at radius 3 is 2.66 bits per heavy atom. The number of para-hydroxylation sites is 1. The van der Waals surface area contributed by atoms with Gasteiger partial charge in [0.2, 0.25) is 11.1 Å². The molecule has 2 aromatic carbocycles. The van der Waals surface area contributed by atoms with Gasteiger partial charge in [-0.15, -0.1) is 5.10 Å². The molecule has 0 unspecified atom stereocenters. The van der Waals surface area contributed by atoms with Gasteiger partial charge < -0.3 is 14.8 Å². The summed E-state index contributed by atoms with van der Waals surface area (Å²) in [5, 5.41) is 10.0. The highest BCUT2D eigenvalue weighted by molar-refractivity contribution is 8.00. The number of H-pyrrole nitrogens is 1. The van der Waals surface area contributed by atoms with Crippen LogP contribution in [0.1, 0.15) is 25.2 Å². The Morgan fingerprint density at radius 1 is 1.17 bits per heavy atom. The molecule has 0 saturated carbocycles. The molecule has 0 aliphatic carbocycles. The summed E-state index contributed by atoms with van der Waals surface area (Å²) in [6, 6.07) is 15.1. The number of hydrogen-bond donors (Lipinski definition) is 2. The zero-order chi connectivity index (χ0) is 20.6. The average molecular weight is 413 g/mol. The van der Waals surface area contributed by atoms with Gasteiger partial charge in [0, 0.05) is 5.69 Å². The Balaban J connectivity index is 1.50. The zero-order valence-electron chi connectivity index (χ0n) is 16.6. The van der Waals surface area contributed by atoms with E-state index < -0.39 is 0 Å². The molecule has 0 bridgehead atoms. The van der Waals surface area contributed by atoms with Crippen molar-refractivity contribution < 1.29 is 14.3 Å². The fourth-order valence-electron chi connectivity index (χ4n) is 2.52. The van der Waals surface area contributed by atoms with Crippen LogP contribution in [-0.4, -0.2) is 32.9 Å². The number of thioether (sulfide) groups is 1. The number of hydrogen-bond acceptors (Lipinski definition) is 6. The van der Waals surface area contributed by atoms with Crippen LogP contribution >= 0.6 is 11.8 Å². The highest BCUT2D eigenvalue weighted by atomic mass is 32.2. The number of aromatic amines is 1. The Hall–Kier alpha value is -3.00. The van der Waals surface area contributed by atoms with Gasteiger partial charge in [0.25, 0.3) is 0 Å². The van der Waals surface area contributed by atoms with E-state index in [1.165, 1.54) is 11.8 Å². The fraction of sp³-hybridized carbons (Fsp3) is 0.286. The summed E-state index contributed by atoms with van der Waals surface area (Å²) in [6.07, 6.45) is 0. The number of amides is 1.